The lowest BCUT2D eigenvalue weighted by Gasteiger charge is -2.17. The maximum atomic E-state index is 5.52. The predicted molar refractivity (Wildman–Crippen MR) is 67.8 cm³/mol. The van der Waals surface area contributed by atoms with E-state index in [2.05, 4.69) is 26.3 Å². The van der Waals surface area contributed by atoms with E-state index in [4.69, 9.17) is 10.6 Å². The van der Waals surface area contributed by atoms with Crippen LogP contribution in [-0.4, -0.2) is 23.7 Å². The van der Waals surface area contributed by atoms with Crippen LogP contribution in [0.15, 0.2) is 22.9 Å². The normalized spacial score (nSPS) is 13.1. The van der Waals surface area contributed by atoms with Crippen LogP contribution in [0.5, 0.6) is 0 Å². The summed E-state index contributed by atoms with van der Waals surface area (Å²) in [5.74, 6) is 5.48. The molecule has 0 saturated heterocycles. The molecule has 1 aromatic heterocycles. The quantitative estimate of drug-likeness (QED) is 0.617. The third-order valence-corrected chi connectivity index (χ3v) is 2.54. The highest BCUT2D eigenvalue weighted by Gasteiger charge is 2.09. The lowest BCUT2D eigenvalue weighted by molar-refractivity contribution is 0.0613. The van der Waals surface area contributed by atoms with Crippen molar-refractivity contribution >= 4 is 15.9 Å². The van der Waals surface area contributed by atoms with Gasteiger partial charge >= 0.3 is 0 Å². The number of halogens is 1. The van der Waals surface area contributed by atoms with Crippen LogP contribution in [0.2, 0.25) is 0 Å². The van der Waals surface area contributed by atoms with Gasteiger partial charge in [-0.3, -0.25) is 16.3 Å². The van der Waals surface area contributed by atoms with Gasteiger partial charge in [0, 0.05) is 22.9 Å². The van der Waals surface area contributed by atoms with E-state index in [0.717, 1.165) is 16.5 Å². The number of nitrogens with two attached hydrogens (primary N) is 1. The number of hydrogen-bond donors (Lipinski definition) is 2. The number of nitrogens with one attached hydrogen (secondary N) is 1. The SMILES string of the molecule is CC(C)OCC(Cc1cncc(Br)c1)NN. The zero-order valence-corrected chi connectivity index (χ0v) is 11.2. The minimum atomic E-state index is 0.110. The Morgan fingerprint density at radius 2 is 2.25 bits per heavy atom. The molecule has 0 aliphatic heterocycles. The van der Waals surface area contributed by atoms with Gasteiger partial charge in [-0.25, -0.2) is 0 Å². The van der Waals surface area contributed by atoms with Crippen molar-refractivity contribution in [3.05, 3.63) is 28.5 Å². The van der Waals surface area contributed by atoms with E-state index in [1.807, 2.05) is 26.1 Å². The molecule has 0 aromatic carbocycles. The van der Waals surface area contributed by atoms with Crippen molar-refractivity contribution in [2.24, 2.45) is 5.84 Å². The highest BCUT2D eigenvalue weighted by atomic mass is 79.9. The minimum Gasteiger partial charge on any atom is -0.377 e. The molecule has 1 heterocycles. The highest BCUT2D eigenvalue weighted by molar-refractivity contribution is 9.10. The van der Waals surface area contributed by atoms with Crippen molar-refractivity contribution in [2.45, 2.75) is 32.4 Å². The average Bonchev–Trinajstić information content (AvgIpc) is 2.24. The van der Waals surface area contributed by atoms with Gasteiger partial charge in [0.1, 0.15) is 0 Å². The molecule has 4 nitrogen and oxygen atoms in total. The molecular formula is C11H18BrN3O. The zero-order valence-electron chi connectivity index (χ0n) is 9.61. The number of nitrogens with zero attached hydrogens (tertiary/aromatic N) is 1. The van der Waals surface area contributed by atoms with Crippen LogP contribution in [0.3, 0.4) is 0 Å². The summed E-state index contributed by atoms with van der Waals surface area (Å²) in [5.41, 5.74) is 3.89. The van der Waals surface area contributed by atoms with Crippen LogP contribution < -0.4 is 11.3 Å². The van der Waals surface area contributed by atoms with Gasteiger partial charge in [-0.15, -0.1) is 0 Å². The molecule has 1 unspecified atom stereocenters. The Labute approximate surface area is 105 Å². The van der Waals surface area contributed by atoms with Crippen molar-refractivity contribution in [1.82, 2.24) is 10.4 Å². The van der Waals surface area contributed by atoms with Gasteiger partial charge in [-0.05, 0) is 47.8 Å². The van der Waals surface area contributed by atoms with Crippen molar-refractivity contribution in [3.8, 4) is 0 Å². The Morgan fingerprint density at radius 1 is 1.50 bits per heavy atom. The molecule has 1 atom stereocenters. The Morgan fingerprint density at radius 3 is 2.81 bits per heavy atom. The molecule has 0 fully saturated rings. The van der Waals surface area contributed by atoms with Gasteiger partial charge in [0.2, 0.25) is 0 Å². The molecule has 0 aliphatic rings. The monoisotopic (exact) mass is 287 g/mol. The van der Waals surface area contributed by atoms with Crippen LogP contribution in [-0.2, 0) is 11.2 Å². The second kappa shape index (κ2) is 6.96. The lowest BCUT2D eigenvalue weighted by Crippen LogP contribution is -2.40. The summed E-state index contributed by atoms with van der Waals surface area (Å²) < 4.78 is 6.50. The molecule has 1 rings (SSSR count). The first kappa shape index (κ1) is 13.6. The summed E-state index contributed by atoms with van der Waals surface area (Å²) >= 11 is 3.39. The topological polar surface area (TPSA) is 60.2 Å². The number of aromatic nitrogens is 1. The summed E-state index contributed by atoms with van der Waals surface area (Å²) in [6, 6.07) is 2.14. The number of ether oxygens (including phenoxy) is 1. The molecule has 1 aromatic rings. The zero-order chi connectivity index (χ0) is 12.0. The fourth-order valence-electron chi connectivity index (χ4n) is 1.33. The fourth-order valence-corrected chi connectivity index (χ4v) is 1.74. The van der Waals surface area contributed by atoms with E-state index in [9.17, 15) is 0 Å². The summed E-state index contributed by atoms with van der Waals surface area (Å²) in [5, 5.41) is 0. The fraction of sp³-hybridized carbons (Fsp3) is 0.545. The van der Waals surface area contributed by atoms with E-state index in [0.29, 0.717) is 6.61 Å². The number of rotatable bonds is 6. The highest BCUT2D eigenvalue weighted by Crippen LogP contribution is 2.11. The van der Waals surface area contributed by atoms with Crippen LogP contribution in [0.1, 0.15) is 19.4 Å². The molecule has 5 heteroatoms. The van der Waals surface area contributed by atoms with Gasteiger partial charge in [0.25, 0.3) is 0 Å². The van der Waals surface area contributed by atoms with Crippen molar-refractivity contribution in [3.63, 3.8) is 0 Å². The minimum absolute atomic E-state index is 0.110. The molecular weight excluding hydrogens is 270 g/mol. The van der Waals surface area contributed by atoms with E-state index in [1.54, 1.807) is 6.20 Å². The summed E-state index contributed by atoms with van der Waals surface area (Å²) in [6.45, 7) is 4.61. The lowest BCUT2D eigenvalue weighted by atomic mass is 10.1. The first-order chi connectivity index (χ1) is 7.61. The third-order valence-electron chi connectivity index (χ3n) is 2.11. The smallest absolute Gasteiger partial charge is 0.0639 e. The van der Waals surface area contributed by atoms with Gasteiger partial charge in [0.05, 0.1) is 12.7 Å². The summed E-state index contributed by atoms with van der Waals surface area (Å²) in [6.07, 6.45) is 4.62. The van der Waals surface area contributed by atoms with E-state index < -0.39 is 0 Å². The molecule has 3 N–H and O–H groups in total. The van der Waals surface area contributed by atoms with Crippen LogP contribution in [0.25, 0.3) is 0 Å². The first-order valence-electron chi connectivity index (χ1n) is 5.29. The number of hydrogen-bond acceptors (Lipinski definition) is 4. The second-order valence-corrected chi connectivity index (χ2v) is 4.88. The standard InChI is InChI=1S/C11H18BrN3O/c1-8(2)16-7-11(15-13)4-9-3-10(12)6-14-5-9/h3,5-6,8,11,15H,4,7,13H2,1-2H3. The van der Waals surface area contributed by atoms with Crippen LogP contribution in [0, 0.1) is 0 Å². The van der Waals surface area contributed by atoms with Gasteiger partial charge in [0.15, 0.2) is 0 Å². The van der Waals surface area contributed by atoms with Crippen LogP contribution in [0.4, 0.5) is 0 Å². The first-order valence-corrected chi connectivity index (χ1v) is 6.08. The van der Waals surface area contributed by atoms with Crippen molar-refractivity contribution in [2.75, 3.05) is 6.61 Å². The van der Waals surface area contributed by atoms with Gasteiger partial charge < -0.3 is 4.74 Å². The van der Waals surface area contributed by atoms with Gasteiger partial charge in [-0.1, -0.05) is 0 Å². The summed E-state index contributed by atoms with van der Waals surface area (Å²) in [7, 11) is 0. The molecule has 90 valence electrons. The van der Waals surface area contributed by atoms with Crippen molar-refractivity contribution in [1.29, 1.82) is 0 Å². The van der Waals surface area contributed by atoms with Gasteiger partial charge in [-0.2, -0.15) is 0 Å². The third kappa shape index (κ3) is 5.03. The largest absolute Gasteiger partial charge is 0.377 e. The molecule has 0 radical (unpaired) electrons. The second-order valence-electron chi connectivity index (χ2n) is 3.96. The maximum absolute atomic E-state index is 5.52. The molecule has 0 amide bonds. The predicted octanol–water partition coefficient (Wildman–Crippen LogP) is 1.64. The molecule has 0 saturated carbocycles. The van der Waals surface area contributed by atoms with E-state index >= 15 is 0 Å². The number of pyridine rings is 1. The van der Waals surface area contributed by atoms with Crippen molar-refractivity contribution < 1.29 is 4.74 Å². The van der Waals surface area contributed by atoms with E-state index in [-0.39, 0.29) is 12.1 Å². The molecule has 16 heavy (non-hydrogen) atoms. The Bertz CT molecular complexity index is 320. The molecule has 0 aliphatic carbocycles. The van der Waals surface area contributed by atoms with Crippen LogP contribution >= 0.6 is 15.9 Å². The van der Waals surface area contributed by atoms with E-state index in [1.165, 1.54) is 0 Å². The Balaban J connectivity index is 2.49. The molecule has 0 bridgehead atoms. The number of hydrazine groups is 1. The average molecular weight is 288 g/mol. The Hall–Kier alpha value is -0.490. The maximum Gasteiger partial charge on any atom is 0.0639 e. The molecule has 0 spiro atoms. The Kier molecular flexibility index (Phi) is 5.90. The summed E-state index contributed by atoms with van der Waals surface area (Å²) in [4.78, 5) is 4.11.